The fraction of sp³-hybridized carbons (Fsp3) is 0.556. The van der Waals surface area contributed by atoms with Gasteiger partial charge >= 0.3 is 5.97 Å². The zero-order valence-electron chi connectivity index (χ0n) is 15.7. The van der Waals surface area contributed by atoms with Crippen LogP contribution >= 0.6 is 0 Å². The molecule has 0 bridgehead atoms. The first-order valence-electron chi connectivity index (χ1n) is 8.30. The van der Waals surface area contributed by atoms with Crippen molar-refractivity contribution in [3.63, 3.8) is 0 Å². The fourth-order valence-corrected chi connectivity index (χ4v) is 2.88. The van der Waals surface area contributed by atoms with Crippen LogP contribution in [0, 0.1) is 0 Å². The smallest absolute Gasteiger partial charge is 0.338 e. The van der Waals surface area contributed by atoms with Gasteiger partial charge in [-0.3, -0.25) is 4.79 Å². The molecule has 2 rings (SSSR count). The number of amides is 1. The molecule has 0 radical (unpaired) electrons. The number of hydrogen-bond donors (Lipinski definition) is 0. The first kappa shape index (κ1) is 19.8. The Morgan fingerprint density at radius 3 is 2.04 bits per heavy atom. The lowest BCUT2D eigenvalue weighted by Crippen LogP contribution is -2.49. The third kappa shape index (κ3) is 4.57. The van der Waals surface area contributed by atoms with Crippen molar-refractivity contribution < 1.29 is 33.3 Å². The Morgan fingerprint density at radius 1 is 1.04 bits per heavy atom. The molecular formula is C18H25NO7. The van der Waals surface area contributed by atoms with Crippen molar-refractivity contribution in [2.75, 3.05) is 41.0 Å². The molecule has 0 unspecified atom stereocenters. The zero-order chi connectivity index (χ0) is 19.3. The first-order valence-corrected chi connectivity index (χ1v) is 8.30. The Hall–Kier alpha value is -2.48. The van der Waals surface area contributed by atoms with Gasteiger partial charge in [-0.2, -0.15) is 0 Å². The van der Waals surface area contributed by atoms with E-state index in [9.17, 15) is 9.59 Å². The van der Waals surface area contributed by atoms with Gasteiger partial charge in [-0.15, -0.1) is 0 Å². The van der Waals surface area contributed by atoms with Crippen LogP contribution in [0.2, 0.25) is 0 Å². The normalized spacial score (nSPS) is 19.7. The molecule has 0 saturated carbocycles. The van der Waals surface area contributed by atoms with Crippen molar-refractivity contribution in [1.82, 2.24) is 4.90 Å². The molecular weight excluding hydrogens is 342 g/mol. The molecule has 1 saturated heterocycles. The molecule has 1 aromatic rings. The molecule has 0 spiro atoms. The summed E-state index contributed by atoms with van der Waals surface area (Å²) in [7, 11) is 4.38. The van der Waals surface area contributed by atoms with E-state index in [1.807, 2.05) is 13.8 Å². The van der Waals surface area contributed by atoms with E-state index in [0.29, 0.717) is 30.3 Å². The van der Waals surface area contributed by atoms with Gasteiger partial charge in [0.15, 0.2) is 18.1 Å². The molecule has 1 aromatic carbocycles. The minimum absolute atomic E-state index is 0.0477. The van der Waals surface area contributed by atoms with E-state index < -0.39 is 5.97 Å². The maximum Gasteiger partial charge on any atom is 0.338 e. The Bertz CT molecular complexity index is 626. The summed E-state index contributed by atoms with van der Waals surface area (Å²) in [6.45, 7) is 4.42. The van der Waals surface area contributed by atoms with Gasteiger partial charge in [-0.05, 0) is 26.0 Å². The van der Waals surface area contributed by atoms with Gasteiger partial charge in [0.05, 0.1) is 39.1 Å². The second kappa shape index (κ2) is 8.75. The van der Waals surface area contributed by atoms with Gasteiger partial charge in [0, 0.05) is 13.1 Å². The maximum atomic E-state index is 12.3. The highest BCUT2D eigenvalue weighted by atomic mass is 16.5. The van der Waals surface area contributed by atoms with Crippen LogP contribution in [0.5, 0.6) is 17.2 Å². The number of ether oxygens (including phenoxy) is 5. The fourth-order valence-electron chi connectivity index (χ4n) is 2.88. The van der Waals surface area contributed by atoms with E-state index >= 15 is 0 Å². The van der Waals surface area contributed by atoms with Crippen molar-refractivity contribution >= 4 is 11.9 Å². The number of carbonyl (C=O) groups excluding carboxylic acids is 2. The van der Waals surface area contributed by atoms with Crippen molar-refractivity contribution in [1.29, 1.82) is 0 Å². The van der Waals surface area contributed by atoms with Crippen LogP contribution in [0.3, 0.4) is 0 Å². The average Bonchev–Trinajstić information content (AvgIpc) is 2.63. The second-order valence-corrected chi connectivity index (χ2v) is 6.05. The maximum absolute atomic E-state index is 12.3. The lowest BCUT2D eigenvalue weighted by Gasteiger charge is -2.35. The van der Waals surface area contributed by atoms with E-state index in [0.717, 1.165) is 0 Å². The Morgan fingerprint density at radius 2 is 1.58 bits per heavy atom. The zero-order valence-corrected chi connectivity index (χ0v) is 15.7. The van der Waals surface area contributed by atoms with Crippen molar-refractivity contribution in [3.8, 4) is 17.2 Å². The van der Waals surface area contributed by atoms with Crippen LogP contribution in [0.1, 0.15) is 24.2 Å². The Labute approximate surface area is 152 Å². The minimum Gasteiger partial charge on any atom is -0.493 e. The topological polar surface area (TPSA) is 83.5 Å². The number of methoxy groups -OCH3 is 3. The second-order valence-electron chi connectivity index (χ2n) is 6.05. The number of nitrogens with zero attached hydrogens (tertiary/aromatic N) is 1. The highest BCUT2D eigenvalue weighted by Gasteiger charge is 2.27. The van der Waals surface area contributed by atoms with Gasteiger partial charge in [0.2, 0.25) is 5.75 Å². The molecule has 1 aliphatic heterocycles. The number of esters is 1. The predicted octanol–water partition coefficient (Wildman–Crippen LogP) is 1.50. The van der Waals surface area contributed by atoms with Gasteiger partial charge in [0.1, 0.15) is 0 Å². The Balaban J connectivity index is 2.04. The van der Waals surface area contributed by atoms with Crippen LogP contribution in [-0.4, -0.2) is 70.0 Å². The highest BCUT2D eigenvalue weighted by molar-refractivity contribution is 5.92. The molecule has 0 N–H and O–H groups in total. The number of hydrogen-bond acceptors (Lipinski definition) is 7. The van der Waals surface area contributed by atoms with Gasteiger partial charge in [-0.1, -0.05) is 0 Å². The summed E-state index contributed by atoms with van der Waals surface area (Å²) in [4.78, 5) is 26.3. The van der Waals surface area contributed by atoms with E-state index in [4.69, 9.17) is 23.7 Å². The van der Waals surface area contributed by atoms with Crippen molar-refractivity contribution in [3.05, 3.63) is 17.7 Å². The number of morpholine rings is 1. The summed E-state index contributed by atoms with van der Waals surface area (Å²) in [5.41, 5.74) is 0.205. The van der Waals surface area contributed by atoms with E-state index in [1.165, 1.54) is 33.5 Å². The predicted molar refractivity (Wildman–Crippen MR) is 93.0 cm³/mol. The lowest BCUT2D eigenvalue weighted by molar-refractivity contribution is -0.146. The molecule has 8 nitrogen and oxygen atoms in total. The summed E-state index contributed by atoms with van der Waals surface area (Å²) in [5.74, 6) is 0.139. The van der Waals surface area contributed by atoms with Crippen LogP contribution in [0.4, 0.5) is 0 Å². The highest BCUT2D eigenvalue weighted by Crippen LogP contribution is 2.38. The van der Waals surface area contributed by atoms with Crippen LogP contribution in [0.25, 0.3) is 0 Å². The standard InChI is InChI=1S/C18H25NO7/c1-11-8-19(9-12(2)26-11)16(20)10-25-18(21)13-6-14(22-3)17(24-5)15(7-13)23-4/h6-7,11-12H,8-10H2,1-5H3/t11-,12-/m0/s1. The van der Waals surface area contributed by atoms with Gasteiger partial charge < -0.3 is 28.6 Å². The molecule has 26 heavy (non-hydrogen) atoms. The molecule has 1 aliphatic rings. The summed E-state index contributed by atoms with van der Waals surface area (Å²) < 4.78 is 26.4. The number of carbonyl (C=O) groups is 2. The van der Waals surface area contributed by atoms with E-state index in [1.54, 1.807) is 4.90 Å². The molecule has 1 amide bonds. The lowest BCUT2D eigenvalue weighted by atomic mass is 10.2. The van der Waals surface area contributed by atoms with E-state index in [-0.39, 0.29) is 30.3 Å². The third-order valence-electron chi connectivity index (χ3n) is 4.00. The average molecular weight is 367 g/mol. The van der Waals surface area contributed by atoms with Crippen molar-refractivity contribution in [2.24, 2.45) is 0 Å². The van der Waals surface area contributed by atoms with Gasteiger partial charge in [-0.25, -0.2) is 4.79 Å². The summed E-state index contributed by atoms with van der Waals surface area (Å²) in [5, 5.41) is 0. The van der Waals surface area contributed by atoms with Crippen LogP contribution in [0.15, 0.2) is 12.1 Å². The summed E-state index contributed by atoms with van der Waals surface area (Å²) in [6, 6.07) is 2.96. The van der Waals surface area contributed by atoms with Crippen LogP contribution < -0.4 is 14.2 Å². The molecule has 0 aliphatic carbocycles. The molecule has 0 aromatic heterocycles. The molecule has 2 atom stereocenters. The van der Waals surface area contributed by atoms with Crippen LogP contribution in [-0.2, 0) is 14.3 Å². The molecule has 8 heteroatoms. The Kier molecular flexibility index (Phi) is 6.68. The van der Waals surface area contributed by atoms with E-state index in [2.05, 4.69) is 0 Å². The number of benzene rings is 1. The summed E-state index contributed by atoms with van der Waals surface area (Å²) >= 11 is 0. The first-order chi connectivity index (χ1) is 12.4. The minimum atomic E-state index is -0.646. The quantitative estimate of drug-likeness (QED) is 0.705. The summed E-state index contributed by atoms with van der Waals surface area (Å²) in [6.07, 6.45) is -0.0953. The van der Waals surface area contributed by atoms with Crippen molar-refractivity contribution in [2.45, 2.75) is 26.1 Å². The molecule has 1 heterocycles. The van der Waals surface area contributed by atoms with Gasteiger partial charge in [0.25, 0.3) is 5.91 Å². The number of rotatable bonds is 6. The third-order valence-corrected chi connectivity index (χ3v) is 4.00. The molecule has 144 valence electrons. The molecule has 1 fully saturated rings. The monoisotopic (exact) mass is 367 g/mol. The largest absolute Gasteiger partial charge is 0.493 e. The SMILES string of the molecule is COc1cc(C(=O)OCC(=O)N2C[C@H](C)O[C@@H](C)C2)cc(OC)c1OC.